The molecule has 0 spiro atoms. The molecule has 0 bridgehead atoms. The second-order valence-electron chi connectivity index (χ2n) is 8.30. The van der Waals surface area contributed by atoms with Crippen LogP contribution in [0.25, 0.3) is 21.8 Å². The third kappa shape index (κ3) is 3.75. The molecule has 3 aromatic rings. The summed E-state index contributed by atoms with van der Waals surface area (Å²) in [4.78, 5) is 17.5. The zero-order chi connectivity index (χ0) is 21.5. The summed E-state index contributed by atoms with van der Waals surface area (Å²) in [6.07, 6.45) is 2.58. The highest BCUT2D eigenvalue weighted by atomic mass is 16.6. The van der Waals surface area contributed by atoms with Crippen molar-refractivity contribution >= 4 is 27.9 Å². The second kappa shape index (κ2) is 7.68. The quantitative estimate of drug-likeness (QED) is 0.685. The number of benzene rings is 1. The molecule has 0 atom stereocenters. The Morgan fingerprint density at radius 1 is 1.23 bits per heavy atom. The maximum Gasteiger partial charge on any atom is 0.419 e. The molecule has 1 aliphatic rings. The minimum Gasteiger partial charge on any atom is -0.504 e. The smallest absolute Gasteiger partial charge is 0.419 e. The molecule has 1 aromatic carbocycles. The molecule has 0 radical (unpaired) electrons. The Morgan fingerprint density at radius 3 is 2.63 bits per heavy atom. The number of pyridine rings is 1. The number of methoxy groups -OCH3 is 1. The van der Waals surface area contributed by atoms with E-state index in [-0.39, 0.29) is 11.9 Å². The normalized spacial score (nSPS) is 15.5. The van der Waals surface area contributed by atoms with E-state index in [9.17, 15) is 9.90 Å². The van der Waals surface area contributed by atoms with E-state index in [1.165, 1.54) is 17.7 Å². The van der Waals surface area contributed by atoms with Gasteiger partial charge in [0.15, 0.2) is 11.5 Å². The molecule has 1 fully saturated rings. The van der Waals surface area contributed by atoms with Gasteiger partial charge in [0.1, 0.15) is 11.7 Å². The number of ether oxygens (including phenoxy) is 4. The Labute approximate surface area is 174 Å². The van der Waals surface area contributed by atoms with Crippen LogP contribution in [0.3, 0.4) is 0 Å². The summed E-state index contributed by atoms with van der Waals surface area (Å²) in [5, 5.41) is 11.7. The van der Waals surface area contributed by atoms with Crippen molar-refractivity contribution in [3.05, 3.63) is 24.4 Å². The summed E-state index contributed by atoms with van der Waals surface area (Å²) in [7, 11) is 1.48. The van der Waals surface area contributed by atoms with Crippen LogP contribution in [0, 0.1) is 0 Å². The first kappa shape index (κ1) is 20.3. The number of hydrogen-bond acceptors (Lipinski definition) is 7. The maximum absolute atomic E-state index is 13.1. The average Bonchev–Trinajstić information content (AvgIpc) is 3.01. The average molecular weight is 414 g/mol. The van der Waals surface area contributed by atoms with Crippen LogP contribution in [0.1, 0.15) is 33.6 Å². The zero-order valence-corrected chi connectivity index (χ0v) is 17.6. The van der Waals surface area contributed by atoms with Gasteiger partial charge in [0, 0.05) is 30.5 Å². The zero-order valence-electron chi connectivity index (χ0n) is 17.6. The molecule has 1 saturated heterocycles. The maximum atomic E-state index is 13.1. The van der Waals surface area contributed by atoms with Gasteiger partial charge in [-0.15, -0.1) is 0 Å². The van der Waals surface area contributed by atoms with E-state index >= 15 is 0 Å². The fourth-order valence-electron chi connectivity index (χ4n) is 3.65. The number of fused-ring (bicyclic) bond motifs is 3. The molecule has 0 saturated carbocycles. The molecule has 0 aliphatic carbocycles. The summed E-state index contributed by atoms with van der Waals surface area (Å²) in [6.45, 7) is 6.70. The van der Waals surface area contributed by atoms with Crippen LogP contribution < -0.4 is 9.47 Å². The van der Waals surface area contributed by atoms with Crippen LogP contribution in [-0.4, -0.2) is 52.8 Å². The summed E-state index contributed by atoms with van der Waals surface area (Å²) in [5.41, 5.74) is 0.398. The van der Waals surface area contributed by atoms with Crippen LogP contribution in [0.15, 0.2) is 24.4 Å². The highest BCUT2D eigenvalue weighted by Crippen LogP contribution is 2.40. The van der Waals surface area contributed by atoms with Crippen molar-refractivity contribution in [2.45, 2.75) is 45.3 Å². The minimum atomic E-state index is -0.678. The second-order valence-corrected chi connectivity index (χ2v) is 8.30. The van der Waals surface area contributed by atoms with Crippen LogP contribution in [0.5, 0.6) is 17.4 Å². The molecule has 2 aromatic heterocycles. The molecule has 8 heteroatoms. The Morgan fingerprint density at radius 2 is 1.97 bits per heavy atom. The number of phenols is 1. The number of aromatic hydroxyl groups is 1. The Kier molecular flexibility index (Phi) is 5.19. The number of aromatic nitrogens is 2. The Bertz CT molecular complexity index is 1090. The van der Waals surface area contributed by atoms with Gasteiger partial charge in [-0.2, -0.15) is 0 Å². The van der Waals surface area contributed by atoms with Crippen LogP contribution in [0.4, 0.5) is 4.79 Å². The van der Waals surface area contributed by atoms with Crippen molar-refractivity contribution in [2.75, 3.05) is 20.3 Å². The van der Waals surface area contributed by atoms with E-state index in [0.29, 0.717) is 46.6 Å². The summed E-state index contributed by atoms with van der Waals surface area (Å²) >= 11 is 0. The first-order valence-electron chi connectivity index (χ1n) is 9.96. The number of hydrogen-bond donors (Lipinski definition) is 1. The number of carbonyl (C=O) groups is 1. The summed E-state index contributed by atoms with van der Waals surface area (Å²) in [5.74, 6) is 0.656. The third-order valence-corrected chi connectivity index (χ3v) is 4.97. The van der Waals surface area contributed by atoms with Gasteiger partial charge in [-0.25, -0.2) is 14.3 Å². The lowest BCUT2D eigenvalue weighted by Gasteiger charge is -2.23. The van der Waals surface area contributed by atoms with E-state index in [2.05, 4.69) is 4.98 Å². The number of rotatable bonds is 3. The van der Waals surface area contributed by atoms with Crippen molar-refractivity contribution in [3.63, 3.8) is 0 Å². The van der Waals surface area contributed by atoms with Crippen molar-refractivity contribution in [1.29, 1.82) is 0 Å². The first-order chi connectivity index (χ1) is 14.3. The van der Waals surface area contributed by atoms with Gasteiger partial charge in [0.2, 0.25) is 5.88 Å². The molecule has 3 heterocycles. The van der Waals surface area contributed by atoms with E-state index < -0.39 is 11.7 Å². The van der Waals surface area contributed by atoms with Gasteiger partial charge in [0.05, 0.1) is 36.7 Å². The van der Waals surface area contributed by atoms with Crippen molar-refractivity contribution < 1.29 is 28.8 Å². The number of phenolic OH excluding ortho intramolecular Hbond substituents is 1. The number of carbonyl (C=O) groups excluding carboxylic acids is 1. The highest BCUT2D eigenvalue weighted by Gasteiger charge is 2.26. The molecule has 30 heavy (non-hydrogen) atoms. The fourth-order valence-corrected chi connectivity index (χ4v) is 3.65. The lowest BCUT2D eigenvalue weighted by atomic mass is 10.1. The van der Waals surface area contributed by atoms with E-state index in [0.717, 1.165) is 12.8 Å². The van der Waals surface area contributed by atoms with Crippen molar-refractivity contribution in [1.82, 2.24) is 9.55 Å². The SMILES string of the molecule is COc1cc2c3c(OC4CCOCC4)nccc3n(C(=O)OC(C)(C)C)c2cc1O. The predicted octanol–water partition coefficient (Wildman–Crippen LogP) is 4.24. The lowest BCUT2D eigenvalue weighted by Crippen LogP contribution is -2.27. The molecule has 1 N–H and O–H groups in total. The van der Waals surface area contributed by atoms with Gasteiger partial charge in [0.25, 0.3) is 0 Å². The highest BCUT2D eigenvalue weighted by molar-refractivity contribution is 6.15. The Hall–Kier alpha value is -3.00. The van der Waals surface area contributed by atoms with E-state index in [1.54, 1.807) is 39.1 Å². The van der Waals surface area contributed by atoms with E-state index in [4.69, 9.17) is 18.9 Å². The molecule has 1 aliphatic heterocycles. The van der Waals surface area contributed by atoms with Gasteiger partial charge in [-0.1, -0.05) is 0 Å². The molecule has 0 unspecified atom stereocenters. The molecule has 8 nitrogen and oxygen atoms in total. The van der Waals surface area contributed by atoms with Crippen LogP contribution in [0.2, 0.25) is 0 Å². The topological polar surface area (TPSA) is 92.0 Å². The lowest BCUT2D eigenvalue weighted by molar-refractivity contribution is 0.0244. The van der Waals surface area contributed by atoms with Gasteiger partial charge < -0.3 is 24.1 Å². The van der Waals surface area contributed by atoms with Crippen LogP contribution >= 0.6 is 0 Å². The summed E-state index contributed by atoms with van der Waals surface area (Å²) < 4.78 is 24.0. The summed E-state index contributed by atoms with van der Waals surface area (Å²) in [6, 6.07) is 4.92. The standard InChI is InChI=1S/C22H26N2O6/c1-22(2,3)30-21(26)24-15-5-8-23-20(29-13-6-9-28-10-7-13)19(15)14-11-18(27-4)17(25)12-16(14)24/h5,8,11-13,25H,6-7,9-10H2,1-4H3. The van der Waals surface area contributed by atoms with Gasteiger partial charge in [-0.3, -0.25) is 0 Å². The largest absolute Gasteiger partial charge is 0.504 e. The van der Waals surface area contributed by atoms with Gasteiger partial charge in [-0.05, 0) is 32.9 Å². The first-order valence-corrected chi connectivity index (χ1v) is 9.96. The predicted molar refractivity (Wildman–Crippen MR) is 112 cm³/mol. The Balaban J connectivity index is 1.94. The van der Waals surface area contributed by atoms with Gasteiger partial charge >= 0.3 is 6.09 Å². The van der Waals surface area contributed by atoms with Crippen molar-refractivity contribution in [3.8, 4) is 17.4 Å². The third-order valence-electron chi connectivity index (χ3n) is 4.97. The molecule has 0 amide bonds. The fraction of sp³-hybridized carbons (Fsp3) is 0.455. The molecule has 160 valence electrons. The van der Waals surface area contributed by atoms with Crippen molar-refractivity contribution in [2.24, 2.45) is 0 Å². The number of nitrogens with zero attached hydrogens (tertiary/aromatic N) is 2. The van der Waals surface area contributed by atoms with E-state index in [1.807, 2.05) is 0 Å². The molecular weight excluding hydrogens is 388 g/mol. The van der Waals surface area contributed by atoms with Crippen LogP contribution in [-0.2, 0) is 9.47 Å². The molecule has 4 rings (SSSR count). The monoisotopic (exact) mass is 414 g/mol. The minimum absolute atomic E-state index is 0.0178. The molecular formula is C22H26N2O6.